The average Bonchev–Trinajstić information content (AvgIpc) is 3.09. The number of benzene rings is 1. The molecule has 2 N–H and O–H groups in total. The molecule has 1 aromatic heterocycles. The van der Waals surface area contributed by atoms with Gasteiger partial charge in [0.2, 0.25) is 5.91 Å². The Kier molecular flexibility index (Phi) is 4.49. The maximum atomic E-state index is 13.0. The molecule has 1 aliphatic rings. The lowest BCUT2D eigenvalue weighted by Gasteiger charge is -2.20. The van der Waals surface area contributed by atoms with Crippen molar-refractivity contribution >= 4 is 16.9 Å². The highest BCUT2D eigenvalue weighted by Crippen LogP contribution is 2.37. The molecule has 1 aromatic carbocycles. The number of hydrogen-bond donors (Lipinski definition) is 2. The van der Waals surface area contributed by atoms with Gasteiger partial charge in [-0.05, 0) is 19.2 Å². The largest absolute Gasteiger partial charge is 0.393 e. The Morgan fingerprint density at radius 3 is 2.83 bits per heavy atom. The molecule has 2 atom stereocenters. The Bertz CT molecular complexity index is 694. The number of fused-ring (bicyclic) bond motifs is 1. The summed E-state index contributed by atoms with van der Waals surface area (Å²) < 4.78 is 39.1. The first-order chi connectivity index (χ1) is 11.3. The number of imidazole rings is 1. The number of para-hydroxylation sites is 2. The van der Waals surface area contributed by atoms with Crippen LogP contribution >= 0.6 is 0 Å². The maximum Gasteiger partial charge on any atom is 0.393 e. The molecule has 2 heterocycles. The second kappa shape index (κ2) is 6.43. The number of likely N-dealkylation sites (tertiary alicyclic amines) is 1. The van der Waals surface area contributed by atoms with Crippen molar-refractivity contribution in [3.8, 4) is 0 Å². The van der Waals surface area contributed by atoms with E-state index in [0.29, 0.717) is 12.2 Å². The molecule has 1 saturated heterocycles. The molecule has 0 saturated carbocycles. The SMILES string of the molecule is CN1C[C@@H](C(F)(F)F)[C@H](C(=O)NCCc2nc3ccccc3[nH]2)C1. The number of nitrogens with one attached hydrogen (secondary N) is 2. The molecule has 1 aliphatic heterocycles. The lowest BCUT2D eigenvalue weighted by atomic mass is 9.94. The van der Waals surface area contributed by atoms with Crippen molar-refractivity contribution in [3.63, 3.8) is 0 Å². The van der Waals surface area contributed by atoms with Gasteiger partial charge in [0.15, 0.2) is 0 Å². The summed E-state index contributed by atoms with van der Waals surface area (Å²) in [5.74, 6) is -2.50. The molecule has 1 amide bonds. The van der Waals surface area contributed by atoms with E-state index in [-0.39, 0.29) is 19.6 Å². The summed E-state index contributed by atoms with van der Waals surface area (Å²) in [5, 5.41) is 2.61. The summed E-state index contributed by atoms with van der Waals surface area (Å²) in [5.41, 5.74) is 1.72. The molecule has 130 valence electrons. The second-order valence-corrected chi connectivity index (χ2v) is 6.22. The molecular formula is C16H19F3N4O. The second-order valence-electron chi connectivity index (χ2n) is 6.22. The average molecular weight is 340 g/mol. The molecule has 0 spiro atoms. The minimum absolute atomic E-state index is 0.126. The van der Waals surface area contributed by atoms with Gasteiger partial charge < -0.3 is 15.2 Å². The summed E-state index contributed by atoms with van der Waals surface area (Å²) in [4.78, 5) is 21.2. The van der Waals surface area contributed by atoms with Gasteiger partial charge in [0.05, 0.1) is 22.9 Å². The van der Waals surface area contributed by atoms with E-state index < -0.39 is 23.9 Å². The number of aromatic nitrogens is 2. The highest BCUT2D eigenvalue weighted by Gasteiger charge is 2.51. The lowest BCUT2D eigenvalue weighted by Crippen LogP contribution is -2.40. The zero-order chi connectivity index (χ0) is 17.3. The number of nitrogens with zero attached hydrogens (tertiary/aromatic N) is 2. The van der Waals surface area contributed by atoms with Gasteiger partial charge in [-0.2, -0.15) is 13.2 Å². The van der Waals surface area contributed by atoms with Crippen molar-refractivity contribution in [2.45, 2.75) is 12.6 Å². The zero-order valence-electron chi connectivity index (χ0n) is 13.2. The number of rotatable bonds is 4. The number of alkyl halides is 3. The van der Waals surface area contributed by atoms with E-state index in [2.05, 4.69) is 15.3 Å². The van der Waals surface area contributed by atoms with Crippen LogP contribution in [0.3, 0.4) is 0 Å². The summed E-state index contributed by atoms with van der Waals surface area (Å²) >= 11 is 0. The molecule has 24 heavy (non-hydrogen) atoms. The lowest BCUT2D eigenvalue weighted by molar-refractivity contribution is -0.183. The first-order valence-electron chi connectivity index (χ1n) is 7.81. The van der Waals surface area contributed by atoms with E-state index in [0.717, 1.165) is 11.0 Å². The van der Waals surface area contributed by atoms with Crippen molar-refractivity contribution in [2.75, 3.05) is 26.7 Å². The van der Waals surface area contributed by atoms with Crippen molar-refractivity contribution in [1.82, 2.24) is 20.2 Å². The van der Waals surface area contributed by atoms with Gasteiger partial charge in [-0.3, -0.25) is 4.79 Å². The van der Waals surface area contributed by atoms with Crippen LogP contribution in [0.25, 0.3) is 11.0 Å². The Morgan fingerprint density at radius 1 is 1.38 bits per heavy atom. The minimum Gasteiger partial charge on any atom is -0.355 e. The predicted octanol–water partition coefficient (Wildman–Crippen LogP) is 1.96. The van der Waals surface area contributed by atoms with Crippen LogP contribution < -0.4 is 5.32 Å². The Hall–Kier alpha value is -2.09. The quantitative estimate of drug-likeness (QED) is 0.894. The van der Waals surface area contributed by atoms with Gasteiger partial charge in [-0.1, -0.05) is 12.1 Å². The normalized spacial score (nSPS) is 22.2. The van der Waals surface area contributed by atoms with Crippen molar-refractivity contribution in [3.05, 3.63) is 30.1 Å². The number of aromatic amines is 1. The molecule has 2 aromatic rings. The fraction of sp³-hybridized carbons (Fsp3) is 0.500. The molecule has 5 nitrogen and oxygen atoms in total. The van der Waals surface area contributed by atoms with Crippen LogP contribution in [-0.2, 0) is 11.2 Å². The molecular weight excluding hydrogens is 321 g/mol. The van der Waals surface area contributed by atoms with Crippen molar-refractivity contribution in [1.29, 1.82) is 0 Å². The standard InChI is InChI=1S/C16H19F3N4O/c1-23-8-10(11(9-23)16(17,18)19)15(24)20-7-6-14-21-12-4-2-3-5-13(12)22-14/h2-5,10-11H,6-9H2,1H3,(H,20,24)(H,21,22)/t10-,11-/m1/s1. The first-order valence-corrected chi connectivity index (χ1v) is 7.81. The van der Waals surface area contributed by atoms with Gasteiger partial charge in [-0.15, -0.1) is 0 Å². The molecule has 0 radical (unpaired) electrons. The molecule has 3 rings (SSSR count). The van der Waals surface area contributed by atoms with Gasteiger partial charge in [-0.25, -0.2) is 4.98 Å². The van der Waals surface area contributed by atoms with Crippen LogP contribution in [0.15, 0.2) is 24.3 Å². The van der Waals surface area contributed by atoms with Gasteiger partial charge in [0.1, 0.15) is 5.82 Å². The number of hydrogen-bond acceptors (Lipinski definition) is 3. The fourth-order valence-corrected chi connectivity index (χ4v) is 3.16. The monoisotopic (exact) mass is 340 g/mol. The zero-order valence-corrected chi connectivity index (χ0v) is 13.2. The van der Waals surface area contributed by atoms with Gasteiger partial charge in [0, 0.05) is 26.1 Å². The topological polar surface area (TPSA) is 61.0 Å². The van der Waals surface area contributed by atoms with Crippen molar-refractivity contribution in [2.24, 2.45) is 11.8 Å². The molecule has 1 fully saturated rings. The predicted molar refractivity (Wildman–Crippen MR) is 83.3 cm³/mol. The summed E-state index contributed by atoms with van der Waals surface area (Å²) in [7, 11) is 1.60. The number of halogens is 3. The molecule has 0 bridgehead atoms. The van der Waals surface area contributed by atoms with E-state index >= 15 is 0 Å². The van der Waals surface area contributed by atoms with E-state index in [4.69, 9.17) is 0 Å². The van der Waals surface area contributed by atoms with Crippen LogP contribution in [0.4, 0.5) is 13.2 Å². The maximum absolute atomic E-state index is 13.0. The Balaban J connectivity index is 1.57. The smallest absolute Gasteiger partial charge is 0.355 e. The van der Waals surface area contributed by atoms with Crippen LogP contribution in [-0.4, -0.2) is 53.6 Å². The third-order valence-corrected chi connectivity index (χ3v) is 4.36. The van der Waals surface area contributed by atoms with Crippen molar-refractivity contribution < 1.29 is 18.0 Å². The van der Waals surface area contributed by atoms with Gasteiger partial charge in [0.25, 0.3) is 0 Å². The van der Waals surface area contributed by atoms with Crippen LogP contribution in [0, 0.1) is 11.8 Å². The number of carbonyl (C=O) groups is 1. The third kappa shape index (κ3) is 3.53. The summed E-state index contributed by atoms with van der Waals surface area (Å²) in [6.45, 7) is 0.245. The summed E-state index contributed by atoms with van der Waals surface area (Å²) in [6, 6.07) is 7.53. The number of amides is 1. The van der Waals surface area contributed by atoms with E-state index in [9.17, 15) is 18.0 Å². The van der Waals surface area contributed by atoms with Crippen LogP contribution in [0.5, 0.6) is 0 Å². The highest BCUT2D eigenvalue weighted by molar-refractivity contribution is 5.79. The number of H-pyrrole nitrogens is 1. The van der Waals surface area contributed by atoms with E-state index in [1.54, 1.807) is 11.9 Å². The van der Waals surface area contributed by atoms with Gasteiger partial charge >= 0.3 is 6.18 Å². The molecule has 0 unspecified atom stereocenters. The molecule has 0 aliphatic carbocycles. The minimum atomic E-state index is -4.36. The fourth-order valence-electron chi connectivity index (χ4n) is 3.16. The highest BCUT2D eigenvalue weighted by atomic mass is 19.4. The van der Waals surface area contributed by atoms with E-state index in [1.165, 1.54) is 0 Å². The van der Waals surface area contributed by atoms with Crippen LogP contribution in [0.2, 0.25) is 0 Å². The third-order valence-electron chi connectivity index (χ3n) is 4.36. The Morgan fingerprint density at radius 2 is 2.12 bits per heavy atom. The Labute approximate surface area is 137 Å². The number of carbonyl (C=O) groups excluding carboxylic acids is 1. The van der Waals surface area contributed by atoms with E-state index in [1.807, 2.05) is 24.3 Å². The van der Waals surface area contributed by atoms with Crippen LogP contribution in [0.1, 0.15) is 5.82 Å². The molecule has 8 heteroatoms. The first kappa shape index (κ1) is 16.8. The summed E-state index contributed by atoms with van der Waals surface area (Å²) in [6.07, 6.45) is -3.91.